The molecule has 0 unspecified atom stereocenters. The molecule has 0 spiro atoms. The van der Waals surface area contributed by atoms with Crippen LogP contribution in [0.3, 0.4) is 0 Å². The van der Waals surface area contributed by atoms with E-state index in [1.807, 2.05) is 41.0 Å². The second-order valence-electron chi connectivity index (χ2n) is 3.62. The van der Waals surface area contributed by atoms with Gasteiger partial charge in [-0.1, -0.05) is 17.7 Å². The number of aromatic amines is 1. The summed E-state index contributed by atoms with van der Waals surface area (Å²) in [6.45, 7) is 0. The van der Waals surface area contributed by atoms with E-state index in [1.54, 1.807) is 6.20 Å². The minimum absolute atomic E-state index is 0.612. The Bertz CT molecular complexity index is 745. The lowest BCUT2D eigenvalue weighted by atomic mass is 10.3. The van der Waals surface area contributed by atoms with Crippen molar-refractivity contribution in [1.29, 1.82) is 0 Å². The molecule has 17 heavy (non-hydrogen) atoms. The van der Waals surface area contributed by atoms with Crippen LogP contribution in [0.4, 0.5) is 0 Å². The fraction of sp³-hybridized carbons (Fsp3) is 0. The van der Waals surface area contributed by atoms with Gasteiger partial charge in [-0.25, -0.2) is 4.98 Å². The molecule has 1 aromatic carbocycles. The van der Waals surface area contributed by atoms with Gasteiger partial charge in [-0.15, -0.1) is 0 Å². The first-order chi connectivity index (χ1) is 8.25. The molecule has 5 heteroatoms. The van der Waals surface area contributed by atoms with Crippen molar-refractivity contribution in [3.8, 4) is 5.69 Å². The fourth-order valence-corrected chi connectivity index (χ4v) is 2.28. The summed E-state index contributed by atoms with van der Waals surface area (Å²) in [6.07, 6.45) is 1.74. The molecule has 0 saturated carbocycles. The summed E-state index contributed by atoms with van der Waals surface area (Å²) in [6, 6.07) is 11.3. The third kappa shape index (κ3) is 1.75. The number of hydrogen-bond donors (Lipinski definition) is 1. The highest BCUT2D eigenvalue weighted by Crippen LogP contribution is 2.20. The van der Waals surface area contributed by atoms with Crippen LogP contribution in [0.1, 0.15) is 0 Å². The molecule has 0 fully saturated rings. The molecule has 3 rings (SSSR count). The molecule has 0 amide bonds. The maximum absolute atomic E-state index is 5.99. The van der Waals surface area contributed by atoms with Crippen LogP contribution in [0, 0.1) is 4.77 Å². The largest absolute Gasteiger partial charge is 0.329 e. The number of benzene rings is 1. The van der Waals surface area contributed by atoms with Crippen molar-refractivity contribution in [2.45, 2.75) is 0 Å². The van der Waals surface area contributed by atoms with E-state index in [2.05, 4.69) is 9.97 Å². The maximum atomic E-state index is 5.99. The molecule has 0 saturated heterocycles. The number of fused-ring (bicyclic) bond motifs is 1. The average Bonchev–Trinajstić information content (AvgIpc) is 2.64. The molecule has 0 aliphatic carbocycles. The molecule has 0 aliphatic heterocycles. The monoisotopic (exact) mass is 261 g/mol. The maximum Gasteiger partial charge on any atom is 0.183 e. The van der Waals surface area contributed by atoms with Gasteiger partial charge in [-0.05, 0) is 42.5 Å². The number of nitrogens with zero attached hydrogens (tertiary/aromatic N) is 2. The van der Waals surface area contributed by atoms with Gasteiger partial charge >= 0.3 is 0 Å². The van der Waals surface area contributed by atoms with Gasteiger partial charge < -0.3 is 4.98 Å². The third-order valence-electron chi connectivity index (χ3n) is 2.51. The topological polar surface area (TPSA) is 33.6 Å². The highest BCUT2D eigenvalue weighted by atomic mass is 35.5. The summed E-state index contributed by atoms with van der Waals surface area (Å²) >= 11 is 11.3. The minimum Gasteiger partial charge on any atom is -0.329 e. The van der Waals surface area contributed by atoms with E-state index in [-0.39, 0.29) is 0 Å². The summed E-state index contributed by atoms with van der Waals surface area (Å²) in [5.74, 6) is 0. The van der Waals surface area contributed by atoms with Crippen LogP contribution < -0.4 is 0 Å². The molecular weight excluding hydrogens is 254 g/mol. The van der Waals surface area contributed by atoms with Crippen molar-refractivity contribution in [3.05, 3.63) is 52.4 Å². The lowest BCUT2D eigenvalue weighted by Gasteiger charge is -2.03. The van der Waals surface area contributed by atoms with Crippen molar-refractivity contribution < 1.29 is 0 Å². The van der Waals surface area contributed by atoms with Crippen LogP contribution >= 0.6 is 23.8 Å². The highest BCUT2D eigenvalue weighted by Gasteiger charge is 2.06. The second-order valence-corrected chi connectivity index (χ2v) is 4.44. The summed E-state index contributed by atoms with van der Waals surface area (Å²) in [5.41, 5.74) is 2.63. The molecule has 1 N–H and O–H groups in total. The van der Waals surface area contributed by atoms with Crippen LogP contribution in [-0.4, -0.2) is 14.5 Å². The summed E-state index contributed by atoms with van der Waals surface area (Å²) in [4.78, 5) is 7.45. The number of imidazole rings is 1. The molecule has 84 valence electrons. The van der Waals surface area contributed by atoms with Gasteiger partial charge in [0.05, 0.1) is 11.2 Å². The van der Waals surface area contributed by atoms with Gasteiger partial charge in [0.25, 0.3) is 0 Å². The zero-order valence-corrected chi connectivity index (χ0v) is 10.3. The second kappa shape index (κ2) is 3.98. The summed E-state index contributed by atoms with van der Waals surface area (Å²) < 4.78 is 2.48. The molecule has 0 aliphatic rings. The third-order valence-corrected chi connectivity index (χ3v) is 3.03. The van der Waals surface area contributed by atoms with Gasteiger partial charge in [-0.2, -0.15) is 0 Å². The van der Waals surface area contributed by atoms with E-state index in [0.717, 1.165) is 16.9 Å². The van der Waals surface area contributed by atoms with Crippen molar-refractivity contribution in [1.82, 2.24) is 14.5 Å². The van der Waals surface area contributed by atoms with Gasteiger partial charge in [0.1, 0.15) is 0 Å². The molecule has 0 atom stereocenters. The standard InChI is InChI=1S/C12H8ClN3S/c13-8-3-1-4-9(7-8)16-11-10(15-12(16)17)5-2-6-14-11/h1-7H,(H,15,17). The van der Waals surface area contributed by atoms with Gasteiger partial charge in [0, 0.05) is 11.2 Å². The van der Waals surface area contributed by atoms with Crippen molar-refractivity contribution in [2.75, 3.05) is 0 Å². The van der Waals surface area contributed by atoms with Crippen molar-refractivity contribution in [3.63, 3.8) is 0 Å². The highest BCUT2D eigenvalue weighted by molar-refractivity contribution is 7.71. The molecule has 2 aromatic heterocycles. The van der Waals surface area contributed by atoms with Crippen LogP contribution in [0.5, 0.6) is 0 Å². The zero-order valence-electron chi connectivity index (χ0n) is 8.72. The van der Waals surface area contributed by atoms with Crippen molar-refractivity contribution in [2.24, 2.45) is 0 Å². The summed E-state index contributed by atoms with van der Waals surface area (Å²) in [7, 11) is 0. The Hall–Kier alpha value is -1.65. The molecule has 0 bridgehead atoms. The molecular formula is C12H8ClN3S. The van der Waals surface area contributed by atoms with E-state index >= 15 is 0 Å². The lowest BCUT2D eigenvalue weighted by molar-refractivity contribution is 1.04. The first-order valence-electron chi connectivity index (χ1n) is 5.07. The fourth-order valence-electron chi connectivity index (χ4n) is 1.79. The number of rotatable bonds is 1. The quantitative estimate of drug-likeness (QED) is 0.677. The van der Waals surface area contributed by atoms with Crippen LogP contribution in [0.15, 0.2) is 42.6 Å². The van der Waals surface area contributed by atoms with Gasteiger partial charge in [0.2, 0.25) is 0 Å². The Kier molecular flexibility index (Phi) is 2.46. The van der Waals surface area contributed by atoms with E-state index in [4.69, 9.17) is 23.8 Å². The summed E-state index contributed by atoms with van der Waals surface area (Å²) in [5, 5.41) is 0.676. The lowest BCUT2D eigenvalue weighted by Crippen LogP contribution is -1.94. The van der Waals surface area contributed by atoms with Crippen LogP contribution in [-0.2, 0) is 0 Å². The molecule has 2 heterocycles. The Morgan fingerprint density at radius 3 is 2.94 bits per heavy atom. The van der Waals surface area contributed by atoms with Crippen LogP contribution in [0.2, 0.25) is 5.02 Å². The number of hydrogen-bond acceptors (Lipinski definition) is 2. The number of pyridine rings is 1. The SMILES string of the molecule is S=c1[nH]c2cccnc2n1-c1cccc(Cl)c1. The average molecular weight is 262 g/mol. The van der Waals surface area contributed by atoms with Crippen LogP contribution in [0.25, 0.3) is 16.9 Å². The number of aromatic nitrogens is 3. The first-order valence-corrected chi connectivity index (χ1v) is 5.86. The van der Waals surface area contributed by atoms with E-state index < -0.39 is 0 Å². The molecule has 3 nitrogen and oxygen atoms in total. The number of H-pyrrole nitrogens is 1. The number of nitrogens with one attached hydrogen (secondary N) is 1. The van der Waals surface area contributed by atoms with Crippen molar-refractivity contribution >= 4 is 35.0 Å². The van der Waals surface area contributed by atoms with Gasteiger partial charge in [0.15, 0.2) is 10.4 Å². The smallest absolute Gasteiger partial charge is 0.183 e. The molecule has 0 radical (unpaired) electrons. The Morgan fingerprint density at radius 1 is 1.24 bits per heavy atom. The number of halogens is 1. The normalized spacial score (nSPS) is 10.9. The predicted octanol–water partition coefficient (Wildman–Crippen LogP) is 3.74. The van der Waals surface area contributed by atoms with Gasteiger partial charge in [-0.3, -0.25) is 4.57 Å². The van der Waals surface area contributed by atoms with E-state index in [1.165, 1.54) is 0 Å². The molecule has 3 aromatic rings. The zero-order chi connectivity index (χ0) is 11.8. The first kappa shape index (κ1) is 10.5. The Morgan fingerprint density at radius 2 is 2.12 bits per heavy atom. The minimum atomic E-state index is 0.612. The van der Waals surface area contributed by atoms with E-state index in [9.17, 15) is 0 Å². The predicted molar refractivity (Wildman–Crippen MR) is 71.3 cm³/mol. The Balaban J connectivity index is 2.37. The van der Waals surface area contributed by atoms with E-state index in [0.29, 0.717) is 9.79 Å². The Labute approximate surface area is 108 Å².